The third kappa shape index (κ3) is 50.1. The van der Waals surface area contributed by atoms with Crippen molar-refractivity contribution in [1.29, 1.82) is 0 Å². The summed E-state index contributed by atoms with van der Waals surface area (Å²) in [6, 6.07) is 0. The van der Waals surface area contributed by atoms with Gasteiger partial charge in [0.2, 0.25) is 0 Å². The summed E-state index contributed by atoms with van der Waals surface area (Å²) in [5.41, 5.74) is 0. The van der Waals surface area contributed by atoms with Gasteiger partial charge in [-0.25, -0.2) is 0 Å². The highest BCUT2D eigenvalue weighted by Crippen LogP contribution is 2.14. The van der Waals surface area contributed by atoms with Crippen LogP contribution >= 0.6 is 0 Å². The van der Waals surface area contributed by atoms with Crippen molar-refractivity contribution in [1.82, 2.24) is 0 Å². The van der Waals surface area contributed by atoms with Gasteiger partial charge in [0.15, 0.2) is 6.10 Å². The van der Waals surface area contributed by atoms with Gasteiger partial charge in [-0.05, 0) is 96.3 Å². The second kappa shape index (κ2) is 52.7. The molecular formula is C58H102O6. The van der Waals surface area contributed by atoms with E-state index in [9.17, 15) is 14.4 Å². The molecule has 6 heteroatoms. The summed E-state index contributed by atoms with van der Waals surface area (Å²) < 4.78 is 16.8. The van der Waals surface area contributed by atoms with Gasteiger partial charge in [-0.3, -0.25) is 14.4 Å². The third-order valence-corrected chi connectivity index (χ3v) is 11.7. The number of hydrogen-bond donors (Lipinski definition) is 0. The number of allylic oxidation sites excluding steroid dienone is 10. The molecule has 0 fully saturated rings. The topological polar surface area (TPSA) is 78.9 Å². The molecule has 0 aliphatic carbocycles. The number of unbranched alkanes of at least 4 members (excludes halogenated alkanes) is 29. The van der Waals surface area contributed by atoms with E-state index in [1.54, 1.807) is 0 Å². The van der Waals surface area contributed by atoms with Crippen LogP contribution in [0.3, 0.4) is 0 Å². The summed E-state index contributed by atoms with van der Waals surface area (Å²) in [5, 5.41) is 0. The van der Waals surface area contributed by atoms with Crippen LogP contribution in [0, 0.1) is 0 Å². The van der Waals surface area contributed by atoms with Gasteiger partial charge in [0, 0.05) is 19.3 Å². The van der Waals surface area contributed by atoms with E-state index in [4.69, 9.17) is 14.2 Å². The van der Waals surface area contributed by atoms with Gasteiger partial charge >= 0.3 is 17.9 Å². The summed E-state index contributed by atoms with van der Waals surface area (Å²) in [6.07, 6.45) is 64.9. The van der Waals surface area contributed by atoms with Crippen molar-refractivity contribution in [3.8, 4) is 0 Å². The summed E-state index contributed by atoms with van der Waals surface area (Å²) in [7, 11) is 0. The van der Waals surface area contributed by atoms with E-state index in [2.05, 4.69) is 81.5 Å². The number of carbonyl (C=O) groups is 3. The lowest BCUT2D eigenvalue weighted by molar-refractivity contribution is -0.167. The van der Waals surface area contributed by atoms with Crippen LogP contribution in [-0.2, 0) is 28.6 Å². The van der Waals surface area contributed by atoms with Crippen LogP contribution in [0.15, 0.2) is 60.8 Å². The normalized spacial score (nSPS) is 12.5. The molecule has 0 spiro atoms. The Morgan fingerprint density at radius 2 is 0.625 bits per heavy atom. The molecule has 0 aliphatic heterocycles. The largest absolute Gasteiger partial charge is 0.462 e. The van der Waals surface area contributed by atoms with Gasteiger partial charge in [0.05, 0.1) is 0 Å². The summed E-state index contributed by atoms with van der Waals surface area (Å²) in [4.78, 5) is 38.0. The Hall–Kier alpha value is -2.89. The zero-order valence-corrected chi connectivity index (χ0v) is 42.3. The van der Waals surface area contributed by atoms with Crippen LogP contribution in [-0.4, -0.2) is 37.2 Å². The average Bonchev–Trinajstić information content (AvgIpc) is 3.29. The summed E-state index contributed by atoms with van der Waals surface area (Å²) in [6.45, 7) is 6.56. The van der Waals surface area contributed by atoms with Gasteiger partial charge in [-0.2, -0.15) is 0 Å². The number of esters is 3. The van der Waals surface area contributed by atoms with Crippen molar-refractivity contribution < 1.29 is 28.6 Å². The molecule has 0 aliphatic rings. The molecule has 0 aromatic rings. The Bertz CT molecular complexity index is 1170. The summed E-state index contributed by atoms with van der Waals surface area (Å²) >= 11 is 0. The first kappa shape index (κ1) is 61.1. The van der Waals surface area contributed by atoms with Crippen LogP contribution in [0.2, 0.25) is 0 Å². The molecule has 370 valence electrons. The van der Waals surface area contributed by atoms with Crippen molar-refractivity contribution in [3.63, 3.8) is 0 Å². The Morgan fingerprint density at radius 3 is 1.05 bits per heavy atom. The molecule has 0 heterocycles. The standard InChI is InChI=1S/C58H102O6/c1-4-7-10-13-16-19-22-24-26-28-30-31-33-36-39-42-45-48-51-57(60)63-54-55(53-62-56(59)50-47-44-41-38-35-21-18-15-12-9-6-3)64-58(61)52-49-46-43-40-37-34-32-29-27-25-23-20-17-14-11-8-5-2/h15,17-18,20,25-28,30-31,55H,4-14,16,19,21-24,29,32-54H2,1-3H3/b18-15-,20-17-,27-25-,28-26-,31-30-. The lowest BCUT2D eigenvalue weighted by atomic mass is 10.1. The Balaban J connectivity index is 4.39. The van der Waals surface area contributed by atoms with Crippen molar-refractivity contribution in [3.05, 3.63) is 60.8 Å². The van der Waals surface area contributed by atoms with Crippen molar-refractivity contribution in [2.75, 3.05) is 13.2 Å². The van der Waals surface area contributed by atoms with E-state index in [0.717, 1.165) is 96.3 Å². The predicted molar refractivity (Wildman–Crippen MR) is 275 cm³/mol. The molecular weight excluding hydrogens is 793 g/mol. The van der Waals surface area contributed by atoms with Gasteiger partial charge in [0.25, 0.3) is 0 Å². The van der Waals surface area contributed by atoms with E-state index in [1.807, 2.05) is 0 Å². The lowest BCUT2D eigenvalue weighted by Crippen LogP contribution is -2.30. The minimum Gasteiger partial charge on any atom is -0.462 e. The Kier molecular flexibility index (Phi) is 50.4. The monoisotopic (exact) mass is 895 g/mol. The third-order valence-electron chi connectivity index (χ3n) is 11.7. The Morgan fingerprint density at radius 1 is 0.328 bits per heavy atom. The fourth-order valence-corrected chi connectivity index (χ4v) is 7.56. The van der Waals surface area contributed by atoms with Crippen molar-refractivity contribution in [2.45, 2.75) is 277 Å². The first-order valence-electron chi connectivity index (χ1n) is 27.3. The molecule has 64 heavy (non-hydrogen) atoms. The van der Waals surface area contributed by atoms with Gasteiger partial charge in [0.1, 0.15) is 13.2 Å². The number of rotatable bonds is 49. The van der Waals surface area contributed by atoms with Crippen LogP contribution in [0.5, 0.6) is 0 Å². The fourth-order valence-electron chi connectivity index (χ4n) is 7.56. The molecule has 0 saturated heterocycles. The number of ether oxygens (including phenoxy) is 3. The SMILES string of the molecule is CCCC/C=C\CCCCCCCC(=O)OCC(COC(=O)CCCCCCC/C=C\C=C/CCCCCCCCC)OC(=O)CCCCCCCCC/C=C\C/C=C\CCCCC. The molecule has 1 unspecified atom stereocenters. The van der Waals surface area contributed by atoms with Crippen molar-refractivity contribution in [2.24, 2.45) is 0 Å². The molecule has 0 amide bonds. The quantitative estimate of drug-likeness (QED) is 0.0199. The van der Waals surface area contributed by atoms with Gasteiger partial charge < -0.3 is 14.2 Å². The maximum Gasteiger partial charge on any atom is 0.306 e. The molecule has 0 radical (unpaired) electrons. The molecule has 1 atom stereocenters. The van der Waals surface area contributed by atoms with Crippen LogP contribution in [0.4, 0.5) is 0 Å². The second-order valence-electron chi connectivity index (χ2n) is 18.2. The first-order valence-corrected chi connectivity index (χ1v) is 27.3. The second-order valence-corrected chi connectivity index (χ2v) is 18.2. The molecule has 0 N–H and O–H groups in total. The maximum atomic E-state index is 12.8. The summed E-state index contributed by atoms with van der Waals surface area (Å²) in [5.74, 6) is -0.913. The van der Waals surface area contributed by atoms with E-state index < -0.39 is 6.10 Å². The van der Waals surface area contributed by atoms with Gasteiger partial charge in [-0.15, -0.1) is 0 Å². The molecule has 0 rings (SSSR count). The van der Waals surface area contributed by atoms with Crippen LogP contribution < -0.4 is 0 Å². The first-order chi connectivity index (χ1) is 31.5. The highest BCUT2D eigenvalue weighted by molar-refractivity contribution is 5.71. The van der Waals surface area contributed by atoms with Crippen molar-refractivity contribution >= 4 is 17.9 Å². The fraction of sp³-hybridized carbons (Fsp3) is 0.776. The van der Waals surface area contributed by atoms with E-state index in [-0.39, 0.29) is 31.1 Å². The number of hydrogen-bond acceptors (Lipinski definition) is 6. The zero-order chi connectivity index (χ0) is 46.5. The number of carbonyl (C=O) groups excluding carboxylic acids is 3. The smallest absolute Gasteiger partial charge is 0.306 e. The highest BCUT2D eigenvalue weighted by Gasteiger charge is 2.19. The van der Waals surface area contributed by atoms with Crippen LogP contribution in [0.25, 0.3) is 0 Å². The molecule has 6 nitrogen and oxygen atoms in total. The predicted octanol–water partition coefficient (Wildman–Crippen LogP) is 18.0. The van der Waals surface area contributed by atoms with E-state index >= 15 is 0 Å². The lowest BCUT2D eigenvalue weighted by Gasteiger charge is -2.18. The maximum absolute atomic E-state index is 12.8. The van der Waals surface area contributed by atoms with Crippen LogP contribution in [0.1, 0.15) is 271 Å². The Labute approximate surface area is 396 Å². The zero-order valence-electron chi connectivity index (χ0n) is 42.3. The molecule has 0 bridgehead atoms. The van der Waals surface area contributed by atoms with E-state index in [0.29, 0.717) is 19.3 Å². The average molecular weight is 895 g/mol. The molecule has 0 aromatic carbocycles. The minimum absolute atomic E-state index is 0.0867. The van der Waals surface area contributed by atoms with E-state index in [1.165, 1.54) is 135 Å². The van der Waals surface area contributed by atoms with Gasteiger partial charge in [-0.1, -0.05) is 216 Å². The molecule has 0 aromatic heterocycles. The highest BCUT2D eigenvalue weighted by atomic mass is 16.6. The molecule has 0 saturated carbocycles. The minimum atomic E-state index is -0.787.